The van der Waals surface area contributed by atoms with E-state index >= 15 is 0 Å². The number of carbonyl (C=O) groups is 1. The van der Waals surface area contributed by atoms with Crippen molar-refractivity contribution in [1.29, 1.82) is 0 Å². The third kappa shape index (κ3) is 4.67. The molecule has 1 aromatic rings. The van der Waals surface area contributed by atoms with E-state index in [-0.39, 0.29) is 23.3 Å². The molecule has 1 aromatic heterocycles. The third-order valence-corrected chi connectivity index (χ3v) is 5.95. The second-order valence-corrected chi connectivity index (χ2v) is 8.61. The number of amides is 1. The molecule has 6 nitrogen and oxygen atoms in total. The minimum Gasteiger partial charge on any atom is -0.345 e. The summed E-state index contributed by atoms with van der Waals surface area (Å²) in [5.41, 5.74) is 0. The number of anilines is 1. The van der Waals surface area contributed by atoms with Crippen molar-refractivity contribution < 1.29 is 13.2 Å². The molecule has 8 heteroatoms. The second kappa shape index (κ2) is 6.74. The first-order valence-electron chi connectivity index (χ1n) is 7.00. The molecule has 0 saturated carbocycles. The van der Waals surface area contributed by atoms with E-state index in [0.29, 0.717) is 26.2 Å². The quantitative estimate of drug-likeness (QED) is 0.800. The predicted octanol–water partition coefficient (Wildman–Crippen LogP) is 0.863. The number of sulfone groups is 1. The summed E-state index contributed by atoms with van der Waals surface area (Å²) in [5, 5.41) is 2.88. The molecular formula is C13H21N3O3S2. The Morgan fingerprint density at radius 3 is 2.52 bits per heavy atom. The highest BCUT2D eigenvalue weighted by Gasteiger charge is 2.26. The van der Waals surface area contributed by atoms with E-state index in [9.17, 15) is 13.2 Å². The zero-order chi connectivity index (χ0) is 15.5. The smallest absolute Gasteiger partial charge is 0.237 e. The summed E-state index contributed by atoms with van der Waals surface area (Å²) in [6.45, 7) is 6.18. The lowest BCUT2D eigenvalue weighted by atomic mass is 10.3. The van der Waals surface area contributed by atoms with Crippen molar-refractivity contribution in [2.45, 2.75) is 13.8 Å². The van der Waals surface area contributed by atoms with Crippen LogP contribution in [0.2, 0.25) is 0 Å². The maximum absolute atomic E-state index is 12.1. The van der Waals surface area contributed by atoms with E-state index < -0.39 is 9.84 Å². The van der Waals surface area contributed by atoms with Crippen LogP contribution in [0.25, 0.3) is 0 Å². The van der Waals surface area contributed by atoms with Gasteiger partial charge >= 0.3 is 0 Å². The summed E-state index contributed by atoms with van der Waals surface area (Å²) in [6.07, 6.45) is 1.76. The highest BCUT2D eigenvalue weighted by molar-refractivity contribution is 7.92. The minimum atomic E-state index is -3.30. The van der Waals surface area contributed by atoms with Crippen molar-refractivity contribution in [3.63, 3.8) is 0 Å². The number of aromatic nitrogens is 1. The lowest BCUT2D eigenvalue weighted by Crippen LogP contribution is -2.50. The van der Waals surface area contributed by atoms with Crippen molar-refractivity contribution in [2.24, 2.45) is 5.92 Å². The van der Waals surface area contributed by atoms with Crippen LogP contribution >= 0.6 is 11.3 Å². The van der Waals surface area contributed by atoms with Crippen molar-refractivity contribution in [2.75, 3.05) is 42.6 Å². The lowest BCUT2D eigenvalue weighted by Gasteiger charge is -2.34. The van der Waals surface area contributed by atoms with Gasteiger partial charge in [-0.05, 0) is 5.92 Å². The topological polar surface area (TPSA) is 70.6 Å². The Morgan fingerprint density at radius 1 is 1.33 bits per heavy atom. The highest BCUT2D eigenvalue weighted by atomic mass is 32.2. The summed E-state index contributed by atoms with van der Waals surface area (Å²) in [4.78, 5) is 20.1. The number of piperazine rings is 1. The molecule has 0 spiro atoms. The Bertz CT molecular complexity index is 561. The summed E-state index contributed by atoms with van der Waals surface area (Å²) in [7, 11) is -3.30. The Hall–Kier alpha value is -1.15. The molecule has 1 saturated heterocycles. The lowest BCUT2D eigenvalue weighted by molar-refractivity contribution is -0.128. The number of rotatable bonds is 5. The van der Waals surface area contributed by atoms with E-state index in [4.69, 9.17) is 0 Å². The monoisotopic (exact) mass is 331 g/mol. The number of hydrogen-bond donors (Lipinski definition) is 0. The van der Waals surface area contributed by atoms with Crippen LogP contribution in [0, 0.1) is 5.92 Å². The molecule has 2 heterocycles. The van der Waals surface area contributed by atoms with Gasteiger partial charge in [0.25, 0.3) is 0 Å². The fourth-order valence-corrected chi connectivity index (χ4v) is 4.75. The molecule has 21 heavy (non-hydrogen) atoms. The molecule has 1 aliphatic heterocycles. The van der Waals surface area contributed by atoms with Gasteiger partial charge in [0.05, 0.1) is 5.75 Å². The molecule has 0 N–H and O–H groups in total. The van der Waals surface area contributed by atoms with Crippen molar-refractivity contribution >= 4 is 32.2 Å². The molecule has 0 bridgehead atoms. The first kappa shape index (κ1) is 16.2. The van der Waals surface area contributed by atoms with Crippen molar-refractivity contribution in [3.05, 3.63) is 11.6 Å². The molecule has 0 unspecified atom stereocenters. The molecule has 2 rings (SSSR count). The van der Waals surface area contributed by atoms with E-state index in [1.165, 1.54) is 0 Å². The molecule has 118 valence electrons. The molecule has 0 radical (unpaired) electrons. The van der Waals surface area contributed by atoms with Gasteiger partial charge in [0.15, 0.2) is 15.0 Å². The number of hydrogen-bond acceptors (Lipinski definition) is 6. The van der Waals surface area contributed by atoms with Gasteiger partial charge in [-0.25, -0.2) is 13.4 Å². The van der Waals surface area contributed by atoms with Crippen LogP contribution in [-0.2, 0) is 14.6 Å². The molecule has 1 amide bonds. The van der Waals surface area contributed by atoms with Gasteiger partial charge in [-0.15, -0.1) is 11.3 Å². The Morgan fingerprint density at radius 2 is 2.00 bits per heavy atom. The SMILES string of the molecule is CC(C)CS(=O)(=O)CC(=O)N1CCN(c2nccs2)CC1. The fourth-order valence-electron chi connectivity index (χ4n) is 2.37. The van der Waals surface area contributed by atoms with E-state index in [2.05, 4.69) is 9.88 Å². The summed E-state index contributed by atoms with van der Waals surface area (Å²) in [5.74, 6) is -0.542. The van der Waals surface area contributed by atoms with E-state index in [0.717, 1.165) is 5.13 Å². The van der Waals surface area contributed by atoms with Crippen LogP contribution in [0.15, 0.2) is 11.6 Å². The van der Waals surface area contributed by atoms with Gasteiger partial charge in [-0.3, -0.25) is 4.79 Å². The largest absolute Gasteiger partial charge is 0.345 e. The average molecular weight is 331 g/mol. The fraction of sp³-hybridized carbons (Fsp3) is 0.692. The Labute approximate surface area is 129 Å². The summed E-state index contributed by atoms with van der Waals surface area (Å²) < 4.78 is 23.8. The van der Waals surface area contributed by atoms with Gasteiger partial charge in [0.1, 0.15) is 5.75 Å². The van der Waals surface area contributed by atoms with Crippen LogP contribution in [-0.4, -0.2) is 61.9 Å². The molecular weight excluding hydrogens is 310 g/mol. The van der Waals surface area contributed by atoms with Crippen molar-refractivity contribution in [3.8, 4) is 0 Å². The van der Waals surface area contributed by atoms with Gasteiger partial charge in [0, 0.05) is 37.8 Å². The second-order valence-electron chi connectivity index (χ2n) is 5.63. The maximum atomic E-state index is 12.1. The van der Waals surface area contributed by atoms with Crippen LogP contribution < -0.4 is 4.90 Å². The maximum Gasteiger partial charge on any atom is 0.237 e. The van der Waals surface area contributed by atoms with Gasteiger partial charge in [0.2, 0.25) is 5.91 Å². The van der Waals surface area contributed by atoms with Gasteiger partial charge < -0.3 is 9.80 Å². The average Bonchev–Trinajstić information content (AvgIpc) is 2.90. The molecule has 0 aromatic carbocycles. The zero-order valence-electron chi connectivity index (χ0n) is 12.4. The molecule has 0 atom stereocenters. The predicted molar refractivity (Wildman–Crippen MR) is 84.4 cm³/mol. The highest BCUT2D eigenvalue weighted by Crippen LogP contribution is 2.19. The van der Waals surface area contributed by atoms with E-state index in [1.54, 1.807) is 22.4 Å². The van der Waals surface area contributed by atoms with E-state index in [1.807, 2.05) is 19.2 Å². The van der Waals surface area contributed by atoms with Crippen LogP contribution in [0.4, 0.5) is 5.13 Å². The summed E-state index contributed by atoms with van der Waals surface area (Å²) in [6, 6.07) is 0. The third-order valence-electron chi connectivity index (χ3n) is 3.25. The zero-order valence-corrected chi connectivity index (χ0v) is 14.0. The molecule has 1 fully saturated rings. The molecule has 1 aliphatic rings. The summed E-state index contributed by atoms with van der Waals surface area (Å²) >= 11 is 1.57. The minimum absolute atomic E-state index is 0.0459. The number of thiazole rings is 1. The normalized spacial score (nSPS) is 16.5. The number of carbonyl (C=O) groups excluding carboxylic acids is 1. The van der Waals surface area contributed by atoms with Crippen LogP contribution in [0.1, 0.15) is 13.8 Å². The van der Waals surface area contributed by atoms with Crippen LogP contribution in [0.5, 0.6) is 0 Å². The van der Waals surface area contributed by atoms with Crippen molar-refractivity contribution in [1.82, 2.24) is 9.88 Å². The first-order chi connectivity index (χ1) is 9.87. The number of nitrogens with zero attached hydrogens (tertiary/aromatic N) is 3. The standard InChI is InChI=1S/C13H21N3O3S2/c1-11(2)9-21(18,19)10-12(17)15-4-6-16(7-5-15)13-14-3-8-20-13/h3,8,11H,4-7,9-10H2,1-2H3. The Kier molecular flexibility index (Phi) is 5.21. The molecule has 0 aliphatic carbocycles. The first-order valence-corrected chi connectivity index (χ1v) is 9.70. The van der Waals surface area contributed by atoms with Gasteiger partial charge in [-0.2, -0.15) is 0 Å². The van der Waals surface area contributed by atoms with Crippen LogP contribution in [0.3, 0.4) is 0 Å². The Balaban J connectivity index is 1.86. The van der Waals surface area contributed by atoms with Gasteiger partial charge in [-0.1, -0.05) is 13.8 Å².